The molecule has 1 saturated carbocycles. The second kappa shape index (κ2) is 9.91. The lowest BCUT2D eigenvalue weighted by atomic mass is 10.1. The Morgan fingerprint density at radius 3 is 2.52 bits per heavy atom. The van der Waals surface area contributed by atoms with E-state index in [1.165, 1.54) is 12.3 Å². The molecule has 1 aliphatic carbocycles. The van der Waals surface area contributed by atoms with Crippen LogP contribution in [0.15, 0.2) is 48.0 Å². The quantitative estimate of drug-likeness (QED) is 0.600. The molecule has 1 heterocycles. The molecule has 8 nitrogen and oxygen atoms in total. The summed E-state index contributed by atoms with van der Waals surface area (Å²) < 4.78 is 28.9. The smallest absolute Gasteiger partial charge is 0.258 e. The Labute approximate surface area is 183 Å². The zero-order valence-electron chi connectivity index (χ0n) is 18.0. The van der Waals surface area contributed by atoms with Crippen LogP contribution in [-0.4, -0.2) is 49.7 Å². The van der Waals surface area contributed by atoms with E-state index in [1.807, 2.05) is 36.9 Å². The van der Waals surface area contributed by atoms with Gasteiger partial charge < -0.3 is 15.0 Å². The van der Waals surface area contributed by atoms with E-state index in [9.17, 15) is 13.2 Å². The number of para-hydroxylation sites is 1. The molecule has 1 aliphatic rings. The van der Waals surface area contributed by atoms with Gasteiger partial charge in [-0.25, -0.2) is 13.4 Å². The summed E-state index contributed by atoms with van der Waals surface area (Å²) in [7, 11) is -3.28. The van der Waals surface area contributed by atoms with Crippen LogP contribution in [0.25, 0.3) is 0 Å². The van der Waals surface area contributed by atoms with Crippen LogP contribution < -0.4 is 15.0 Å². The van der Waals surface area contributed by atoms with Gasteiger partial charge in [-0.05, 0) is 44.7 Å². The lowest BCUT2D eigenvalue weighted by Gasteiger charge is -2.20. The first-order valence-electron chi connectivity index (χ1n) is 10.3. The van der Waals surface area contributed by atoms with E-state index in [-0.39, 0.29) is 23.4 Å². The predicted octanol–water partition coefficient (Wildman–Crippen LogP) is 3.18. The summed E-state index contributed by atoms with van der Waals surface area (Å²) in [6.07, 6.45) is 5.99. The van der Waals surface area contributed by atoms with Crippen LogP contribution in [0.2, 0.25) is 0 Å². The van der Waals surface area contributed by atoms with Crippen molar-refractivity contribution in [1.82, 2.24) is 15.3 Å². The fourth-order valence-corrected chi connectivity index (χ4v) is 3.54. The zero-order valence-corrected chi connectivity index (χ0v) is 18.8. The fourth-order valence-electron chi connectivity index (χ4n) is 3.08. The molecule has 31 heavy (non-hydrogen) atoms. The van der Waals surface area contributed by atoms with Gasteiger partial charge in [-0.2, -0.15) is 4.98 Å². The van der Waals surface area contributed by atoms with E-state index in [2.05, 4.69) is 15.3 Å². The number of anilines is 1. The Morgan fingerprint density at radius 1 is 1.26 bits per heavy atom. The minimum Gasteiger partial charge on any atom is -0.438 e. The number of benzene rings is 1. The molecule has 9 heteroatoms. The average Bonchev–Trinajstić information content (AvgIpc) is 3.57. The molecule has 2 aromatic rings. The standard InChI is InChI=1S/C22H28N4O4S/c1-4-26(5-2)22-23-15-18(21(25-22)30-17-9-7-6-8-10-17)20(27)24-19(16-11-12-16)13-14-31(3,28)29/h6-10,13-16,19H,4-5,11-12H2,1-3H3,(H,24,27)/b14-13+. The maximum absolute atomic E-state index is 13.1. The average molecular weight is 445 g/mol. The predicted molar refractivity (Wildman–Crippen MR) is 120 cm³/mol. The number of hydrogen-bond acceptors (Lipinski definition) is 7. The topological polar surface area (TPSA) is 101 Å². The number of ether oxygens (including phenoxy) is 1. The van der Waals surface area contributed by atoms with Crippen LogP contribution in [0.4, 0.5) is 5.95 Å². The molecule has 1 aromatic heterocycles. The van der Waals surface area contributed by atoms with Crippen molar-refractivity contribution < 1.29 is 17.9 Å². The van der Waals surface area contributed by atoms with Crippen LogP contribution in [0.3, 0.4) is 0 Å². The molecule has 0 saturated heterocycles. The third kappa shape index (κ3) is 6.52. The number of amides is 1. The first-order chi connectivity index (χ1) is 14.8. The Kier molecular flexibility index (Phi) is 7.27. The number of hydrogen-bond donors (Lipinski definition) is 1. The summed E-state index contributed by atoms with van der Waals surface area (Å²) >= 11 is 0. The summed E-state index contributed by atoms with van der Waals surface area (Å²) in [4.78, 5) is 23.9. The van der Waals surface area contributed by atoms with Gasteiger partial charge >= 0.3 is 0 Å². The SMILES string of the molecule is CCN(CC)c1ncc(C(=O)NC(/C=C/S(C)(=O)=O)C2CC2)c(Oc2ccccc2)n1. The molecule has 0 aliphatic heterocycles. The van der Waals surface area contributed by atoms with Crippen molar-refractivity contribution in [1.29, 1.82) is 0 Å². The summed E-state index contributed by atoms with van der Waals surface area (Å²) in [5, 5.41) is 4.04. The van der Waals surface area contributed by atoms with Crippen molar-refractivity contribution in [2.75, 3.05) is 24.2 Å². The highest BCUT2D eigenvalue weighted by Crippen LogP contribution is 2.34. The number of nitrogens with one attached hydrogen (secondary N) is 1. The van der Waals surface area contributed by atoms with E-state index < -0.39 is 15.7 Å². The Hall–Kier alpha value is -2.94. The highest BCUT2D eigenvalue weighted by molar-refractivity contribution is 7.93. The number of sulfone groups is 1. The number of rotatable bonds is 10. The van der Waals surface area contributed by atoms with Crippen molar-refractivity contribution in [3.05, 3.63) is 53.6 Å². The molecular weight excluding hydrogens is 416 g/mol. The second-order valence-electron chi connectivity index (χ2n) is 7.47. The molecule has 0 radical (unpaired) electrons. The fraction of sp³-hybridized carbons (Fsp3) is 0.409. The molecule has 1 fully saturated rings. The van der Waals surface area contributed by atoms with Crippen LogP contribution in [0.1, 0.15) is 37.0 Å². The van der Waals surface area contributed by atoms with Crippen molar-refractivity contribution in [2.45, 2.75) is 32.7 Å². The molecule has 1 aromatic carbocycles. The molecule has 0 spiro atoms. The van der Waals surface area contributed by atoms with Gasteiger partial charge in [-0.3, -0.25) is 4.79 Å². The Morgan fingerprint density at radius 2 is 1.94 bits per heavy atom. The summed E-state index contributed by atoms with van der Waals surface area (Å²) in [6.45, 7) is 5.43. The van der Waals surface area contributed by atoms with Crippen molar-refractivity contribution >= 4 is 21.7 Å². The summed E-state index contributed by atoms with van der Waals surface area (Å²) in [6, 6.07) is 8.72. The van der Waals surface area contributed by atoms with Gasteiger partial charge in [0.2, 0.25) is 11.8 Å². The first-order valence-corrected chi connectivity index (χ1v) is 12.3. The summed E-state index contributed by atoms with van der Waals surface area (Å²) in [5.74, 6) is 0.991. The number of carbonyl (C=O) groups is 1. The highest BCUT2D eigenvalue weighted by Gasteiger charge is 2.32. The van der Waals surface area contributed by atoms with Crippen LogP contribution in [-0.2, 0) is 9.84 Å². The number of aromatic nitrogens is 2. The maximum Gasteiger partial charge on any atom is 0.258 e. The van der Waals surface area contributed by atoms with Crippen LogP contribution in [0, 0.1) is 5.92 Å². The molecule has 1 amide bonds. The Balaban J connectivity index is 1.90. The van der Waals surface area contributed by atoms with Gasteiger partial charge in [-0.1, -0.05) is 24.3 Å². The number of nitrogens with zero attached hydrogens (tertiary/aromatic N) is 3. The van der Waals surface area contributed by atoms with Crippen molar-refractivity contribution in [3.63, 3.8) is 0 Å². The van der Waals surface area contributed by atoms with E-state index in [0.717, 1.165) is 24.5 Å². The molecule has 0 bridgehead atoms. The highest BCUT2D eigenvalue weighted by atomic mass is 32.2. The van der Waals surface area contributed by atoms with Gasteiger partial charge in [0.15, 0.2) is 9.84 Å². The Bertz CT molecular complexity index is 1030. The zero-order chi connectivity index (χ0) is 22.4. The van der Waals surface area contributed by atoms with Gasteiger partial charge in [0.25, 0.3) is 5.91 Å². The molecule has 3 rings (SSSR count). The van der Waals surface area contributed by atoms with E-state index in [1.54, 1.807) is 12.1 Å². The third-order valence-corrected chi connectivity index (χ3v) is 5.60. The van der Waals surface area contributed by atoms with E-state index in [0.29, 0.717) is 24.8 Å². The van der Waals surface area contributed by atoms with Gasteiger partial charge in [-0.15, -0.1) is 0 Å². The molecule has 1 unspecified atom stereocenters. The normalized spacial score (nSPS) is 14.9. The van der Waals surface area contributed by atoms with Crippen molar-refractivity contribution in [3.8, 4) is 11.6 Å². The molecule has 1 atom stereocenters. The van der Waals surface area contributed by atoms with Gasteiger partial charge in [0.1, 0.15) is 11.3 Å². The largest absolute Gasteiger partial charge is 0.438 e. The minimum atomic E-state index is -3.28. The second-order valence-corrected chi connectivity index (χ2v) is 9.40. The summed E-state index contributed by atoms with van der Waals surface area (Å²) in [5.41, 5.74) is 0.193. The molecule has 166 valence electrons. The van der Waals surface area contributed by atoms with Gasteiger partial charge in [0, 0.05) is 31.0 Å². The monoisotopic (exact) mass is 444 g/mol. The lowest BCUT2D eigenvalue weighted by molar-refractivity contribution is 0.0937. The van der Waals surface area contributed by atoms with Gasteiger partial charge in [0.05, 0.1) is 6.04 Å². The number of carbonyl (C=O) groups excluding carboxylic acids is 1. The molecular formula is C22H28N4O4S. The van der Waals surface area contributed by atoms with E-state index >= 15 is 0 Å². The van der Waals surface area contributed by atoms with Crippen molar-refractivity contribution in [2.24, 2.45) is 5.92 Å². The van der Waals surface area contributed by atoms with Crippen LogP contribution >= 0.6 is 0 Å². The molecule has 1 N–H and O–H groups in total. The van der Waals surface area contributed by atoms with E-state index in [4.69, 9.17) is 4.74 Å². The first kappa shape index (κ1) is 22.7. The maximum atomic E-state index is 13.1. The third-order valence-electron chi connectivity index (χ3n) is 4.95. The lowest BCUT2D eigenvalue weighted by Crippen LogP contribution is -2.35. The van der Waals surface area contributed by atoms with Crippen LogP contribution in [0.5, 0.6) is 11.6 Å². The minimum absolute atomic E-state index is 0.155.